The van der Waals surface area contributed by atoms with Crippen molar-refractivity contribution in [1.29, 1.82) is 0 Å². The van der Waals surface area contributed by atoms with E-state index < -0.39 is 0 Å². The maximum atomic E-state index is 11.7. The van der Waals surface area contributed by atoms with Gasteiger partial charge in [-0.25, -0.2) is 0 Å². The molecule has 0 aromatic heterocycles. The highest BCUT2D eigenvalue weighted by atomic mass is 35.5. The molecule has 0 saturated heterocycles. The van der Waals surface area contributed by atoms with Crippen LogP contribution in [0.1, 0.15) is 12.0 Å². The average molecular weight is 264 g/mol. The number of benzene rings is 1. The van der Waals surface area contributed by atoms with Gasteiger partial charge < -0.3 is 4.90 Å². The third kappa shape index (κ3) is 5.30. The Hall–Kier alpha value is -1.38. The molecule has 0 N–H and O–H groups in total. The van der Waals surface area contributed by atoms with Crippen LogP contribution in [0.2, 0.25) is 5.02 Å². The summed E-state index contributed by atoms with van der Waals surface area (Å²) in [4.78, 5) is 13.7. The quantitative estimate of drug-likeness (QED) is 0.555. The van der Waals surface area contributed by atoms with Crippen molar-refractivity contribution in [2.75, 3.05) is 20.1 Å². The molecule has 2 nitrogen and oxygen atoms in total. The summed E-state index contributed by atoms with van der Waals surface area (Å²) < 4.78 is 0. The Balaban J connectivity index is 2.45. The Labute approximate surface area is 114 Å². The minimum absolute atomic E-state index is 0.103. The molecule has 0 aliphatic heterocycles. The number of nitrogens with zero attached hydrogens (tertiary/aromatic N) is 1. The van der Waals surface area contributed by atoms with Crippen LogP contribution in [0, 0.1) is 0 Å². The molecule has 0 spiro atoms. The molecule has 96 valence electrons. The number of carbonyl (C=O) groups excluding carboxylic acids is 1. The van der Waals surface area contributed by atoms with Crippen molar-refractivity contribution >= 4 is 23.5 Å². The van der Waals surface area contributed by atoms with Gasteiger partial charge in [-0.2, -0.15) is 0 Å². The monoisotopic (exact) mass is 263 g/mol. The van der Waals surface area contributed by atoms with Crippen molar-refractivity contribution in [1.82, 2.24) is 4.90 Å². The normalized spacial score (nSPS) is 11.1. The van der Waals surface area contributed by atoms with E-state index in [-0.39, 0.29) is 5.78 Å². The number of halogens is 1. The zero-order valence-electron chi connectivity index (χ0n) is 10.6. The van der Waals surface area contributed by atoms with Gasteiger partial charge in [-0.05, 0) is 30.8 Å². The molecular weight excluding hydrogens is 246 g/mol. The molecule has 0 bridgehead atoms. The summed E-state index contributed by atoms with van der Waals surface area (Å²) in [6, 6.07) is 7.46. The Morgan fingerprint density at radius 2 is 2.17 bits per heavy atom. The van der Waals surface area contributed by atoms with Crippen molar-refractivity contribution in [3.63, 3.8) is 0 Å². The van der Waals surface area contributed by atoms with Crippen LogP contribution in [0.5, 0.6) is 0 Å². The van der Waals surface area contributed by atoms with Gasteiger partial charge in [0.05, 0.1) is 0 Å². The summed E-state index contributed by atoms with van der Waals surface area (Å²) in [6.07, 6.45) is 5.68. The van der Waals surface area contributed by atoms with E-state index in [1.54, 1.807) is 12.2 Å². The average Bonchev–Trinajstić information content (AvgIpc) is 2.36. The maximum Gasteiger partial charge on any atom is 0.156 e. The van der Waals surface area contributed by atoms with Crippen LogP contribution < -0.4 is 0 Å². The smallest absolute Gasteiger partial charge is 0.156 e. The van der Waals surface area contributed by atoms with Crippen molar-refractivity contribution in [2.24, 2.45) is 0 Å². The molecule has 1 rings (SSSR count). The lowest BCUT2D eigenvalue weighted by molar-refractivity contribution is -0.114. The van der Waals surface area contributed by atoms with Crippen LogP contribution in [0.15, 0.2) is 43.0 Å². The van der Waals surface area contributed by atoms with E-state index >= 15 is 0 Å². The fourth-order valence-electron chi connectivity index (χ4n) is 1.49. The van der Waals surface area contributed by atoms with Gasteiger partial charge in [0, 0.05) is 24.5 Å². The van der Waals surface area contributed by atoms with Crippen LogP contribution in [0.3, 0.4) is 0 Å². The molecule has 0 amide bonds. The molecule has 0 unspecified atom stereocenters. The standard InChI is InChI=1S/C15H18ClNO/c1-3-11-17(2)12-10-14(18)9-8-13-6-4-5-7-15(13)16/h3-9H,1,10-12H2,2H3. The molecule has 0 heterocycles. The largest absolute Gasteiger partial charge is 0.302 e. The van der Waals surface area contributed by atoms with Crippen molar-refractivity contribution in [3.8, 4) is 0 Å². The molecule has 0 aliphatic rings. The van der Waals surface area contributed by atoms with Gasteiger partial charge >= 0.3 is 0 Å². The van der Waals surface area contributed by atoms with E-state index in [9.17, 15) is 4.79 Å². The number of allylic oxidation sites excluding steroid dienone is 1. The van der Waals surface area contributed by atoms with Crippen LogP contribution in [-0.2, 0) is 4.79 Å². The number of likely N-dealkylation sites (N-methyl/N-ethyl adjacent to an activating group) is 1. The Morgan fingerprint density at radius 1 is 1.44 bits per heavy atom. The second-order valence-corrected chi connectivity index (χ2v) is 4.53. The van der Waals surface area contributed by atoms with Gasteiger partial charge in [-0.15, -0.1) is 6.58 Å². The molecule has 1 aromatic carbocycles. The van der Waals surface area contributed by atoms with Gasteiger partial charge in [0.2, 0.25) is 0 Å². The van der Waals surface area contributed by atoms with E-state index in [1.165, 1.54) is 0 Å². The molecule has 0 fully saturated rings. The van der Waals surface area contributed by atoms with E-state index in [2.05, 4.69) is 6.58 Å². The molecule has 0 radical (unpaired) electrons. The highest BCUT2D eigenvalue weighted by Gasteiger charge is 2.01. The van der Waals surface area contributed by atoms with E-state index in [0.717, 1.165) is 18.7 Å². The third-order valence-corrected chi connectivity index (χ3v) is 2.88. The number of ketones is 1. The third-order valence-electron chi connectivity index (χ3n) is 2.53. The highest BCUT2D eigenvalue weighted by Crippen LogP contribution is 2.16. The highest BCUT2D eigenvalue weighted by molar-refractivity contribution is 6.32. The summed E-state index contributed by atoms with van der Waals surface area (Å²) in [7, 11) is 1.97. The summed E-state index contributed by atoms with van der Waals surface area (Å²) in [5, 5.41) is 0.658. The van der Waals surface area contributed by atoms with E-state index in [1.807, 2.05) is 42.3 Å². The fraction of sp³-hybridized carbons (Fsp3) is 0.267. The van der Waals surface area contributed by atoms with Gasteiger partial charge in [0.1, 0.15) is 0 Å². The summed E-state index contributed by atoms with van der Waals surface area (Å²) in [6.45, 7) is 5.19. The number of hydrogen-bond acceptors (Lipinski definition) is 2. The fourth-order valence-corrected chi connectivity index (χ4v) is 1.69. The van der Waals surface area contributed by atoms with Gasteiger partial charge in [-0.3, -0.25) is 4.79 Å². The second-order valence-electron chi connectivity index (χ2n) is 4.12. The zero-order valence-corrected chi connectivity index (χ0v) is 11.4. The van der Waals surface area contributed by atoms with Crippen molar-refractivity contribution in [3.05, 3.63) is 53.6 Å². The molecule has 0 atom stereocenters. The Morgan fingerprint density at radius 3 is 2.83 bits per heavy atom. The summed E-state index contributed by atoms with van der Waals surface area (Å²) in [5.41, 5.74) is 0.868. The van der Waals surface area contributed by atoms with Crippen LogP contribution in [0.4, 0.5) is 0 Å². The SMILES string of the molecule is C=CCN(C)CCC(=O)C=Cc1ccccc1Cl. The van der Waals surface area contributed by atoms with Crippen LogP contribution >= 0.6 is 11.6 Å². The number of rotatable bonds is 7. The molecular formula is C15H18ClNO. The molecule has 0 saturated carbocycles. The molecule has 1 aromatic rings. The van der Waals surface area contributed by atoms with Gasteiger partial charge in [0.15, 0.2) is 5.78 Å². The van der Waals surface area contributed by atoms with Crippen molar-refractivity contribution in [2.45, 2.75) is 6.42 Å². The minimum atomic E-state index is 0.103. The van der Waals surface area contributed by atoms with E-state index in [4.69, 9.17) is 11.6 Å². The first-order valence-corrected chi connectivity index (χ1v) is 6.26. The molecule has 3 heteroatoms. The van der Waals surface area contributed by atoms with Crippen molar-refractivity contribution < 1.29 is 4.79 Å². The van der Waals surface area contributed by atoms with Crippen LogP contribution in [-0.4, -0.2) is 30.8 Å². The minimum Gasteiger partial charge on any atom is -0.302 e. The van der Waals surface area contributed by atoms with Gasteiger partial charge in [-0.1, -0.05) is 35.9 Å². The maximum absolute atomic E-state index is 11.7. The Bertz CT molecular complexity index is 440. The number of hydrogen-bond donors (Lipinski definition) is 0. The topological polar surface area (TPSA) is 20.3 Å². The molecule has 0 aliphatic carbocycles. The summed E-state index contributed by atoms with van der Waals surface area (Å²) in [5.74, 6) is 0.103. The summed E-state index contributed by atoms with van der Waals surface area (Å²) >= 11 is 5.99. The second kappa shape index (κ2) is 7.85. The Kier molecular flexibility index (Phi) is 6.40. The zero-order chi connectivity index (χ0) is 13.4. The first-order valence-electron chi connectivity index (χ1n) is 5.88. The lowest BCUT2D eigenvalue weighted by Crippen LogP contribution is -2.21. The van der Waals surface area contributed by atoms with Gasteiger partial charge in [0.25, 0.3) is 0 Å². The van der Waals surface area contributed by atoms with E-state index in [0.29, 0.717) is 11.4 Å². The van der Waals surface area contributed by atoms with Crippen LogP contribution in [0.25, 0.3) is 6.08 Å². The lowest BCUT2D eigenvalue weighted by atomic mass is 10.1. The predicted molar refractivity (Wildman–Crippen MR) is 77.8 cm³/mol. The first-order chi connectivity index (χ1) is 8.63. The number of carbonyl (C=O) groups is 1. The lowest BCUT2D eigenvalue weighted by Gasteiger charge is -2.12. The predicted octanol–water partition coefficient (Wildman–Crippen LogP) is 3.43. The molecule has 18 heavy (non-hydrogen) atoms. The first kappa shape index (κ1) is 14.7.